The van der Waals surface area contributed by atoms with Gasteiger partial charge in [0.15, 0.2) is 106 Å². The van der Waals surface area contributed by atoms with Crippen LogP contribution in [0.25, 0.3) is 75.2 Å². The number of carbonyl (C=O) groups is 6. The molecule has 0 radical (unpaired) electrons. The molecule has 4 aliphatic rings. The average molecular weight is 1950 g/mol. The van der Waals surface area contributed by atoms with Crippen molar-refractivity contribution in [3.05, 3.63) is 205 Å². The first-order chi connectivity index (χ1) is 64.5. The number of aliphatic hydroxyl groups excluding tert-OH is 1. The fraction of sp³-hybridized carbons (Fsp3) is 0.408. The molecule has 53 nitrogen and oxygen atoms in total. The first-order valence-corrected chi connectivity index (χ1v) is 45.3. The number of aromatic nitrogens is 17. The monoisotopic (exact) mass is 1950 g/mol. The molecule has 135 heavy (non-hydrogen) atoms. The summed E-state index contributed by atoms with van der Waals surface area (Å²) in [4.78, 5) is 163. The van der Waals surface area contributed by atoms with E-state index in [0.29, 0.717) is 11.1 Å². The summed E-state index contributed by atoms with van der Waals surface area (Å²) in [7, 11) is 0. The maximum absolute atomic E-state index is 16.4. The highest BCUT2D eigenvalue weighted by molar-refractivity contribution is 8.07. The minimum absolute atomic E-state index is 0. The fourth-order valence-electron chi connectivity index (χ4n) is 13.8. The highest BCUT2D eigenvalue weighted by Crippen LogP contribution is 2.57. The van der Waals surface area contributed by atoms with E-state index in [1.807, 2.05) is 30.6 Å². The molecule has 710 valence electrons. The van der Waals surface area contributed by atoms with Crippen LogP contribution in [0.1, 0.15) is 86.7 Å². The molecule has 0 aliphatic carbocycles. The number of amides is 4. The van der Waals surface area contributed by atoms with Gasteiger partial charge in [0.1, 0.15) is 44.2 Å². The van der Waals surface area contributed by atoms with Crippen molar-refractivity contribution in [2.24, 2.45) is 22.1 Å². The van der Waals surface area contributed by atoms with E-state index < -0.39 is 197 Å². The zero-order chi connectivity index (χ0) is 95.7. The molecule has 0 bridgehead atoms. The van der Waals surface area contributed by atoms with Crippen molar-refractivity contribution >= 4 is 141 Å². The van der Waals surface area contributed by atoms with Crippen LogP contribution in [0, 0.1) is 25.0 Å². The Morgan fingerprint density at radius 2 is 0.919 bits per heavy atom. The van der Waals surface area contributed by atoms with Crippen molar-refractivity contribution in [1.29, 1.82) is 0 Å². The van der Waals surface area contributed by atoms with Gasteiger partial charge in [-0.25, -0.2) is 66.8 Å². The van der Waals surface area contributed by atoms with Crippen molar-refractivity contribution in [2.75, 3.05) is 67.4 Å². The summed E-state index contributed by atoms with van der Waals surface area (Å²) < 4.78 is 108. The predicted molar refractivity (Wildman–Crippen MR) is 466 cm³/mol. The predicted octanol–water partition coefficient (Wildman–Crippen LogP) is 6.10. The SMILES string of the molecule is [C-]#[N+]CCOP(=S)(OC[C@H]1O[C@@H](n2cnc3c(NC(=O)c4ccccc4)ncnc32)[C@H](OC(=O)[O-])[C@@H]1N=[N+]=[N-])O[C@@H]1[C@H](F)[C@@H](CC)O[C@H]1n1cnc2c(=O)[nH]c(NC(=O)C(C)C)nc21.[C-]#[N+]CCOP(=S)(OC[C@H]1O[C@@H](n2cnc3c(NC(=O)c4ccccc4)ncnc32)[C@H](OC(=O)[O-])[C@@H]1N=[N+]=[N-])O[C@@H]1[C@H](F)[C@@H](CO)O[C@H]1n1cnc2c(=O)[nH]c(NC(=O)C(C)C)nc21.[NH4+].c1cc[nH+]cc1. The van der Waals surface area contributed by atoms with Gasteiger partial charge in [0.25, 0.3) is 35.2 Å². The molecule has 0 saturated carbocycles. The number of halogens is 2. The third-order valence-electron chi connectivity index (χ3n) is 20.1. The molecule has 11 aromatic rings. The molecular weight excluding hydrogens is 1870 g/mol. The maximum Gasteiger partial charge on any atom is 0.328 e. The Morgan fingerprint density at radius 1 is 0.548 bits per heavy atom. The molecule has 4 amide bonds. The zero-order valence-electron chi connectivity index (χ0n) is 71.4. The number of fused-ring (bicyclic) bond motifs is 4. The summed E-state index contributed by atoms with van der Waals surface area (Å²) in [5.41, 5.74) is 17.8. The van der Waals surface area contributed by atoms with Gasteiger partial charge < -0.3 is 97.9 Å². The number of pyridine rings is 1. The third-order valence-corrected chi connectivity index (χ3v) is 24.8. The molecular formula is C76H82F2N30O23P2S2. The molecule has 18 atom stereocenters. The Bertz CT molecular complexity index is 6130. The Kier molecular flexibility index (Phi) is 33.5. The second-order valence-electron chi connectivity index (χ2n) is 29.4. The number of benzene rings is 2. The Labute approximate surface area is 768 Å². The van der Waals surface area contributed by atoms with Crippen LogP contribution in [0.15, 0.2) is 149 Å². The van der Waals surface area contributed by atoms with Gasteiger partial charge in [0.2, 0.25) is 36.8 Å². The van der Waals surface area contributed by atoms with E-state index in [1.165, 1.54) is 32.7 Å². The van der Waals surface area contributed by atoms with Crippen LogP contribution >= 0.6 is 13.4 Å². The molecule has 15 rings (SSSR count). The van der Waals surface area contributed by atoms with Crippen LogP contribution in [0.4, 0.5) is 41.9 Å². The number of nitrogens with zero attached hydrogens (tertiary/aromatic N) is 22. The van der Waals surface area contributed by atoms with Gasteiger partial charge in [-0.15, -0.1) is 0 Å². The quantitative estimate of drug-likeness (QED) is 0.00429. The largest absolute Gasteiger partial charge is 0.541 e. The minimum Gasteiger partial charge on any atom is -0.541 e. The number of carboxylic acid groups (broad SMARTS) is 2. The van der Waals surface area contributed by atoms with Crippen molar-refractivity contribution in [3.63, 3.8) is 0 Å². The number of hydrogen-bond donors (Lipinski definition) is 8. The molecule has 13 heterocycles. The number of rotatable bonds is 34. The summed E-state index contributed by atoms with van der Waals surface area (Å²) in [6.07, 6.45) is -15.3. The number of carbonyl (C=O) groups excluding carboxylic acids is 6. The third kappa shape index (κ3) is 23.3. The topological polar surface area (TPSA) is 699 Å². The lowest BCUT2D eigenvalue weighted by molar-refractivity contribution is -0.378. The van der Waals surface area contributed by atoms with E-state index in [0.717, 1.165) is 23.5 Å². The maximum atomic E-state index is 16.4. The van der Waals surface area contributed by atoms with Crippen LogP contribution in [-0.2, 0) is 88.8 Å². The number of anilines is 4. The van der Waals surface area contributed by atoms with Gasteiger partial charge in [-0.2, -0.15) is 9.97 Å². The van der Waals surface area contributed by atoms with Crippen LogP contribution in [0.5, 0.6) is 0 Å². The van der Waals surface area contributed by atoms with E-state index in [-0.39, 0.29) is 100 Å². The second kappa shape index (κ2) is 45.2. The molecule has 2 unspecified atom stereocenters. The number of azide groups is 2. The van der Waals surface area contributed by atoms with Gasteiger partial charge in [-0.3, -0.25) is 76.7 Å². The Balaban J connectivity index is 0.000000227. The van der Waals surface area contributed by atoms with E-state index in [4.69, 9.17) is 92.3 Å². The summed E-state index contributed by atoms with van der Waals surface area (Å²) >= 11 is 11.5. The standard InChI is InChI=1S/C36H38FN14O11PS.C35H36FN14O12PS.C5H5N.H3N/c1-5-19-21(37)25(33(59-19)51-16-43-24-29(51)45-35(47-32(24)54)46-30(52)17(2)3)62-63(64,57-12-11-39-4)58-13-20-22(48-49-38)26(61-36(55)56)34(60-20)50-15-42-23-27(40-14-41-28(23)50)44-31(53)18-9-7-6-8-10-18;1-16(2)29(52)45-34-44-28-23(31(54)46-34)42-15-50(28)32-24(20(36)18(11-51)59-32)62-63(64,57-10-9-38-3)58-12-19-21(47-48-37)25(61-35(55)56)33(60-19)49-14-41-22-26(39-13-40-27(22)49)43-30(53)17-7-5-4-6-8-17;1-2-4-6-5-3-1;/h6-10,14-17,19-22,25-26,33-34H,5,11-13H2,1-3H3,(H,55,56)(H,40,41,44,53)(H2,45,46,47,52,54);4-8,13-16,18-21,24-25,32-33,51H,9-12H2,1-2H3,(H,55,56)(H,39,40,43,53)(H2,44,45,46,52,54);1-5H;1H3/t19-,20-,21-,22-,25-,26-,33-,34-,63?;18-,19-,20-,21-,24-,25-,32-,33-,63?;;/m11../s1. The lowest BCUT2D eigenvalue weighted by Crippen LogP contribution is -2.39. The summed E-state index contributed by atoms with van der Waals surface area (Å²) in [6, 6.07) is 19.4. The molecule has 59 heteroatoms. The molecule has 0 spiro atoms. The molecule has 4 saturated heterocycles. The van der Waals surface area contributed by atoms with E-state index in [1.54, 1.807) is 95.3 Å². The zero-order valence-corrected chi connectivity index (χ0v) is 74.8. The smallest absolute Gasteiger partial charge is 0.328 e. The molecule has 2 aromatic carbocycles. The average Bonchev–Trinajstić information content (AvgIpc) is 1.62. The number of ether oxygens (including phenoxy) is 6. The van der Waals surface area contributed by atoms with Gasteiger partial charge in [-0.1, -0.05) is 87.3 Å². The lowest BCUT2D eigenvalue weighted by Gasteiger charge is -2.29. The first kappa shape index (κ1) is 100. The number of H-pyrrole nitrogens is 3. The van der Waals surface area contributed by atoms with Gasteiger partial charge in [0, 0.05) is 44.9 Å². The van der Waals surface area contributed by atoms with E-state index in [2.05, 4.69) is 116 Å². The highest BCUT2D eigenvalue weighted by Gasteiger charge is 2.54. The van der Waals surface area contributed by atoms with Crippen LogP contribution in [0.2, 0.25) is 0 Å². The number of imidazole rings is 4. The molecule has 12 N–H and O–H groups in total. The molecule has 4 fully saturated rings. The van der Waals surface area contributed by atoms with Crippen molar-refractivity contribution in [1.82, 2.24) is 84.2 Å². The molecule has 9 aromatic heterocycles. The summed E-state index contributed by atoms with van der Waals surface area (Å²) in [6.45, 7) is 10.8. The normalized spacial score (nSPS) is 23.1. The first-order valence-electron chi connectivity index (χ1n) is 40.2. The van der Waals surface area contributed by atoms with Crippen molar-refractivity contribution < 1.29 is 113 Å². The highest BCUT2D eigenvalue weighted by atomic mass is 32.5. The number of alkyl halides is 2. The van der Waals surface area contributed by atoms with Gasteiger partial charge >= 0.3 is 13.4 Å². The van der Waals surface area contributed by atoms with Gasteiger partial charge in [-0.05, 0) is 65.4 Å². The number of hydrogen-bond acceptors (Lipinski definition) is 37. The van der Waals surface area contributed by atoms with Crippen molar-refractivity contribution in [2.45, 2.75) is 139 Å². The lowest BCUT2D eigenvalue weighted by atomic mass is 10.1. The van der Waals surface area contributed by atoms with Crippen LogP contribution < -0.4 is 53.7 Å². The molecule has 4 aliphatic heterocycles. The van der Waals surface area contributed by atoms with E-state index in [9.17, 15) is 64.7 Å². The minimum atomic E-state index is -4.29. The number of quaternary nitrogens is 1. The van der Waals surface area contributed by atoms with Crippen LogP contribution in [0.3, 0.4) is 0 Å². The Hall–Kier alpha value is -13.9. The number of nitrogens with one attached hydrogen (secondary N) is 7. The Morgan fingerprint density at radius 3 is 1.27 bits per heavy atom. The van der Waals surface area contributed by atoms with E-state index >= 15 is 8.78 Å². The van der Waals surface area contributed by atoms with Crippen molar-refractivity contribution in [3.8, 4) is 0 Å². The van der Waals surface area contributed by atoms with Gasteiger partial charge in [0.05, 0.1) is 87.7 Å². The van der Waals surface area contributed by atoms with Crippen LogP contribution in [-0.4, -0.2) is 239 Å². The fourth-order valence-corrected chi connectivity index (χ4v) is 17.9. The summed E-state index contributed by atoms with van der Waals surface area (Å²) in [5.74, 6) is -3.36. The number of aromatic amines is 3. The summed E-state index contributed by atoms with van der Waals surface area (Å²) in [5, 5.41) is 51.7. The second-order valence-corrected chi connectivity index (χ2v) is 35.4. The number of aliphatic hydroxyl groups is 1.